The van der Waals surface area contributed by atoms with Gasteiger partial charge in [0, 0.05) is 11.6 Å². The van der Waals surface area contributed by atoms with Gasteiger partial charge in [0.2, 0.25) is 5.78 Å². The van der Waals surface area contributed by atoms with Crippen LogP contribution >= 0.6 is 0 Å². The second kappa shape index (κ2) is 7.64. The molecule has 0 spiro atoms. The number of methoxy groups -OCH3 is 2. The quantitative estimate of drug-likeness (QED) is 0.600. The van der Waals surface area contributed by atoms with Crippen LogP contribution in [0.25, 0.3) is 0 Å². The molecule has 5 heteroatoms. The molecule has 0 heterocycles. The Bertz CT molecular complexity index is 712. The van der Waals surface area contributed by atoms with Crippen LogP contribution in [0.1, 0.15) is 33.2 Å². The number of carbonyl (C=O) groups excluding carboxylic acids is 2. The van der Waals surface area contributed by atoms with Gasteiger partial charge in [-0.3, -0.25) is 4.79 Å². The number of benzene rings is 2. The van der Waals surface area contributed by atoms with Crippen molar-refractivity contribution < 1.29 is 23.8 Å². The molecule has 1 atom stereocenters. The van der Waals surface area contributed by atoms with E-state index in [2.05, 4.69) is 0 Å². The summed E-state index contributed by atoms with van der Waals surface area (Å²) in [5, 5.41) is 0. The first-order chi connectivity index (χ1) is 11.4. The summed E-state index contributed by atoms with van der Waals surface area (Å²) < 4.78 is 15.5. The summed E-state index contributed by atoms with van der Waals surface area (Å²) in [6, 6.07) is 11.8. The van der Waals surface area contributed by atoms with E-state index < -0.39 is 12.1 Å². The smallest absolute Gasteiger partial charge is 0.339 e. The van der Waals surface area contributed by atoms with Crippen molar-refractivity contribution in [1.29, 1.82) is 0 Å². The molecule has 0 aromatic heterocycles. The standard InChI is InChI=1S/C19H20O5/c1-12-5-7-14(8-6-12)18(20)13(2)24-19(21)15-9-16(22-3)11-17(10-15)23-4/h5-11,13H,1-4H3. The molecular formula is C19H20O5. The van der Waals surface area contributed by atoms with Crippen LogP contribution in [0, 0.1) is 6.92 Å². The maximum absolute atomic E-state index is 12.3. The molecule has 2 rings (SSSR count). The lowest BCUT2D eigenvalue weighted by Gasteiger charge is -2.13. The molecule has 0 saturated heterocycles. The summed E-state index contributed by atoms with van der Waals surface area (Å²) in [5.41, 5.74) is 1.82. The van der Waals surface area contributed by atoms with Gasteiger partial charge in [0.25, 0.3) is 0 Å². The van der Waals surface area contributed by atoms with Crippen molar-refractivity contribution in [2.45, 2.75) is 20.0 Å². The van der Waals surface area contributed by atoms with Crippen LogP contribution in [0.15, 0.2) is 42.5 Å². The zero-order valence-electron chi connectivity index (χ0n) is 14.2. The molecule has 0 amide bonds. The van der Waals surface area contributed by atoms with Crippen LogP contribution in [0.5, 0.6) is 11.5 Å². The van der Waals surface area contributed by atoms with E-state index in [1.54, 1.807) is 25.1 Å². The van der Waals surface area contributed by atoms with Gasteiger partial charge in [-0.1, -0.05) is 29.8 Å². The third-order valence-electron chi connectivity index (χ3n) is 3.58. The second-order valence-corrected chi connectivity index (χ2v) is 5.38. The largest absolute Gasteiger partial charge is 0.497 e. The lowest BCUT2D eigenvalue weighted by molar-refractivity contribution is 0.0318. The Balaban J connectivity index is 2.13. The SMILES string of the molecule is COc1cc(OC)cc(C(=O)OC(C)C(=O)c2ccc(C)cc2)c1. The molecule has 0 fully saturated rings. The first-order valence-corrected chi connectivity index (χ1v) is 7.49. The highest BCUT2D eigenvalue weighted by molar-refractivity contribution is 6.01. The minimum absolute atomic E-state index is 0.252. The third-order valence-corrected chi connectivity index (χ3v) is 3.58. The van der Waals surface area contributed by atoms with E-state index >= 15 is 0 Å². The predicted octanol–water partition coefficient (Wildman–Crippen LogP) is 3.44. The van der Waals surface area contributed by atoms with Gasteiger partial charge in [-0.25, -0.2) is 4.79 Å². The predicted molar refractivity (Wildman–Crippen MR) is 89.9 cm³/mol. The molecule has 0 aliphatic carbocycles. The van der Waals surface area contributed by atoms with Gasteiger partial charge in [-0.05, 0) is 26.0 Å². The summed E-state index contributed by atoms with van der Waals surface area (Å²) in [7, 11) is 2.99. The average Bonchev–Trinajstić information content (AvgIpc) is 2.61. The van der Waals surface area contributed by atoms with E-state index in [0.29, 0.717) is 17.1 Å². The van der Waals surface area contributed by atoms with Gasteiger partial charge in [-0.15, -0.1) is 0 Å². The van der Waals surface area contributed by atoms with Crippen molar-refractivity contribution in [3.63, 3.8) is 0 Å². The van der Waals surface area contributed by atoms with Gasteiger partial charge in [0.15, 0.2) is 6.10 Å². The number of aryl methyl sites for hydroxylation is 1. The first kappa shape index (κ1) is 17.5. The maximum atomic E-state index is 12.3. The molecule has 5 nitrogen and oxygen atoms in total. The Morgan fingerprint density at radius 1 is 0.875 bits per heavy atom. The first-order valence-electron chi connectivity index (χ1n) is 7.49. The lowest BCUT2D eigenvalue weighted by Crippen LogP contribution is -2.24. The van der Waals surface area contributed by atoms with Crippen molar-refractivity contribution in [3.8, 4) is 11.5 Å². The van der Waals surface area contributed by atoms with Crippen molar-refractivity contribution in [2.24, 2.45) is 0 Å². The van der Waals surface area contributed by atoms with Gasteiger partial charge >= 0.3 is 5.97 Å². The van der Waals surface area contributed by atoms with Gasteiger partial charge in [-0.2, -0.15) is 0 Å². The fraction of sp³-hybridized carbons (Fsp3) is 0.263. The summed E-state index contributed by atoms with van der Waals surface area (Å²) >= 11 is 0. The molecule has 0 saturated carbocycles. The van der Waals surface area contributed by atoms with E-state index in [4.69, 9.17) is 14.2 Å². The molecule has 1 unspecified atom stereocenters. The summed E-state index contributed by atoms with van der Waals surface area (Å²) in [5.74, 6) is 0.0796. The molecular weight excluding hydrogens is 308 g/mol. The van der Waals surface area contributed by atoms with Crippen molar-refractivity contribution in [2.75, 3.05) is 14.2 Å². The summed E-state index contributed by atoms with van der Waals surface area (Å²) in [6.45, 7) is 3.49. The molecule has 0 aliphatic heterocycles. The van der Waals surface area contributed by atoms with Crippen LogP contribution < -0.4 is 9.47 Å². The van der Waals surface area contributed by atoms with Crippen molar-refractivity contribution in [1.82, 2.24) is 0 Å². The summed E-state index contributed by atoms with van der Waals surface area (Å²) in [4.78, 5) is 24.6. The Morgan fingerprint density at radius 2 is 1.42 bits per heavy atom. The minimum Gasteiger partial charge on any atom is -0.497 e. The molecule has 0 aliphatic rings. The van der Waals surface area contributed by atoms with E-state index in [1.165, 1.54) is 26.4 Å². The molecule has 24 heavy (non-hydrogen) atoms. The lowest BCUT2D eigenvalue weighted by atomic mass is 10.1. The fourth-order valence-corrected chi connectivity index (χ4v) is 2.16. The molecule has 126 valence electrons. The zero-order chi connectivity index (χ0) is 17.7. The Kier molecular flexibility index (Phi) is 5.58. The van der Waals surface area contributed by atoms with Crippen LogP contribution in [0.4, 0.5) is 0 Å². The highest BCUT2D eigenvalue weighted by Crippen LogP contribution is 2.23. The second-order valence-electron chi connectivity index (χ2n) is 5.38. The van der Waals surface area contributed by atoms with Crippen LogP contribution in [0.3, 0.4) is 0 Å². The molecule has 2 aromatic rings. The van der Waals surface area contributed by atoms with Crippen LogP contribution in [0.2, 0.25) is 0 Å². The highest BCUT2D eigenvalue weighted by Gasteiger charge is 2.21. The number of carbonyl (C=O) groups is 2. The summed E-state index contributed by atoms with van der Waals surface area (Å²) in [6.07, 6.45) is -0.891. The van der Waals surface area contributed by atoms with Crippen LogP contribution in [-0.4, -0.2) is 32.1 Å². The van der Waals surface area contributed by atoms with E-state index in [1.807, 2.05) is 19.1 Å². The molecule has 0 radical (unpaired) electrons. The van der Waals surface area contributed by atoms with Crippen molar-refractivity contribution >= 4 is 11.8 Å². The van der Waals surface area contributed by atoms with Gasteiger partial charge in [0.05, 0.1) is 19.8 Å². The third kappa shape index (κ3) is 4.13. The number of rotatable bonds is 6. The van der Waals surface area contributed by atoms with E-state index in [-0.39, 0.29) is 11.3 Å². The number of Topliss-reactive ketones (excluding diaryl/α,β-unsaturated/α-hetero) is 1. The molecule has 2 aromatic carbocycles. The van der Waals surface area contributed by atoms with Crippen molar-refractivity contribution in [3.05, 3.63) is 59.2 Å². The Hall–Kier alpha value is -2.82. The molecule has 0 N–H and O–H groups in total. The number of hydrogen-bond acceptors (Lipinski definition) is 5. The van der Waals surface area contributed by atoms with E-state index in [0.717, 1.165) is 5.56 Å². The minimum atomic E-state index is -0.891. The number of ether oxygens (including phenoxy) is 3. The van der Waals surface area contributed by atoms with E-state index in [9.17, 15) is 9.59 Å². The number of esters is 1. The van der Waals surface area contributed by atoms with Gasteiger partial charge < -0.3 is 14.2 Å². The average molecular weight is 328 g/mol. The Morgan fingerprint density at radius 3 is 1.92 bits per heavy atom. The van der Waals surface area contributed by atoms with Gasteiger partial charge in [0.1, 0.15) is 11.5 Å². The number of hydrogen-bond donors (Lipinski definition) is 0. The zero-order valence-corrected chi connectivity index (χ0v) is 14.2. The normalized spacial score (nSPS) is 11.5. The topological polar surface area (TPSA) is 61.8 Å². The number of ketones is 1. The highest BCUT2D eigenvalue weighted by atomic mass is 16.5. The van der Waals surface area contributed by atoms with Crippen LogP contribution in [-0.2, 0) is 4.74 Å². The maximum Gasteiger partial charge on any atom is 0.339 e. The molecule has 0 bridgehead atoms. The fourth-order valence-electron chi connectivity index (χ4n) is 2.16. The monoisotopic (exact) mass is 328 g/mol. The Labute approximate surface area is 141 Å².